The van der Waals surface area contributed by atoms with Crippen LogP contribution in [0.15, 0.2) is 35.8 Å². The molecule has 1 aliphatic rings. The van der Waals surface area contributed by atoms with Crippen LogP contribution in [0.4, 0.5) is 18.3 Å². The Morgan fingerprint density at radius 1 is 1.30 bits per heavy atom. The molecule has 1 fully saturated rings. The topological polar surface area (TPSA) is 45.2 Å². The third-order valence-corrected chi connectivity index (χ3v) is 4.52. The van der Waals surface area contributed by atoms with Crippen molar-refractivity contribution in [2.75, 3.05) is 18.0 Å². The van der Waals surface area contributed by atoms with Gasteiger partial charge in [-0.2, -0.15) is 13.2 Å². The molecule has 0 bridgehead atoms. The highest BCUT2D eigenvalue weighted by Crippen LogP contribution is 2.29. The molecule has 1 saturated heterocycles. The summed E-state index contributed by atoms with van der Waals surface area (Å²) < 4.78 is 37.5. The van der Waals surface area contributed by atoms with Gasteiger partial charge in [-0.05, 0) is 30.7 Å². The van der Waals surface area contributed by atoms with Gasteiger partial charge in [0.2, 0.25) is 0 Å². The molecular formula is C15H14F3N3OS. The van der Waals surface area contributed by atoms with E-state index >= 15 is 0 Å². The number of halogens is 3. The number of hydrogen-bond donors (Lipinski definition) is 1. The molecule has 2 aromatic rings. The minimum atomic E-state index is -4.39. The van der Waals surface area contributed by atoms with Gasteiger partial charge in [-0.25, -0.2) is 4.98 Å². The lowest BCUT2D eigenvalue weighted by Gasteiger charge is -2.16. The van der Waals surface area contributed by atoms with Crippen molar-refractivity contribution in [3.63, 3.8) is 0 Å². The molecule has 1 amide bonds. The van der Waals surface area contributed by atoms with Gasteiger partial charge in [0.05, 0.1) is 5.56 Å². The van der Waals surface area contributed by atoms with E-state index in [-0.39, 0.29) is 17.5 Å². The molecule has 0 aliphatic carbocycles. The number of benzene rings is 1. The predicted molar refractivity (Wildman–Crippen MR) is 81.6 cm³/mol. The van der Waals surface area contributed by atoms with E-state index in [0.717, 1.165) is 30.2 Å². The Bertz CT molecular complexity index is 670. The maximum absolute atomic E-state index is 12.5. The number of hydrogen-bond acceptors (Lipinski definition) is 4. The number of carbonyl (C=O) groups is 1. The number of aromatic nitrogens is 1. The smallest absolute Gasteiger partial charge is 0.347 e. The van der Waals surface area contributed by atoms with Crippen LogP contribution < -0.4 is 10.2 Å². The Morgan fingerprint density at radius 2 is 2.04 bits per heavy atom. The molecule has 122 valence electrons. The van der Waals surface area contributed by atoms with Crippen LogP contribution in [-0.4, -0.2) is 30.0 Å². The Kier molecular flexibility index (Phi) is 4.25. The average Bonchev–Trinajstić information content (AvgIpc) is 3.17. The second-order valence-corrected chi connectivity index (χ2v) is 6.17. The first kappa shape index (κ1) is 15.8. The fraction of sp³-hybridized carbons (Fsp3) is 0.333. The summed E-state index contributed by atoms with van der Waals surface area (Å²) in [5, 5.41) is 5.67. The second-order valence-electron chi connectivity index (χ2n) is 5.29. The van der Waals surface area contributed by atoms with Crippen LogP contribution in [-0.2, 0) is 6.18 Å². The van der Waals surface area contributed by atoms with Gasteiger partial charge in [-0.15, -0.1) is 11.3 Å². The SMILES string of the molecule is O=C(N[C@H]1CCN(c2nccs2)C1)c1ccc(C(F)(F)F)cc1. The summed E-state index contributed by atoms with van der Waals surface area (Å²) in [6.07, 6.45) is -1.88. The summed E-state index contributed by atoms with van der Waals surface area (Å²) in [5.41, 5.74) is -0.532. The highest BCUT2D eigenvalue weighted by atomic mass is 32.1. The number of nitrogens with one attached hydrogen (secondary N) is 1. The number of thiazole rings is 1. The van der Waals surface area contributed by atoms with Crippen LogP contribution in [0.2, 0.25) is 0 Å². The number of anilines is 1. The van der Waals surface area contributed by atoms with Crippen molar-refractivity contribution in [3.05, 3.63) is 47.0 Å². The molecule has 23 heavy (non-hydrogen) atoms. The molecular weight excluding hydrogens is 327 g/mol. The molecule has 1 aliphatic heterocycles. The molecule has 4 nitrogen and oxygen atoms in total. The molecule has 2 heterocycles. The lowest BCUT2D eigenvalue weighted by molar-refractivity contribution is -0.137. The third kappa shape index (κ3) is 3.64. The van der Waals surface area contributed by atoms with Crippen molar-refractivity contribution in [2.24, 2.45) is 0 Å². The summed E-state index contributed by atoms with van der Waals surface area (Å²) in [4.78, 5) is 18.4. The van der Waals surface area contributed by atoms with E-state index in [1.165, 1.54) is 23.5 Å². The Hall–Kier alpha value is -2.09. The molecule has 1 atom stereocenters. The average molecular weight is 341 g/mol. The van der Waals surface area contributed by atoms with Crippen LogP contribution >= 0.6 is 11.3 Å². The first-order chi connectivity index (χ1) is 10.9. The van der Waals surface area contributed by atoms with Crippen LogP contribution in [0.3, 0.4) is 0 Å². The molecule has 0 unspecified atom stereocenters. The molecule has 0 radical (unpaired) electrons. The molecule has 1 aromatic heterocycles. The van der Waals surface area contributed by atoms with Gasteiger partial charge in [-0.3, -0.25) is 4.79 Å². The van der Waals surface area contributed by atoms with Gasteiger partial charge in [0, 0.05) is 36.3 Å². The lowest BCUT2D eigenvalue weighted by Crippen LogP contribution is -2.37. The van der Waals surface area contributed by atoms with Gasteiger partial charge in [0.25, 0.3) is 5.91 Å². The summed E-state index contributed by atoms with van der Waals surface area (Å²) in [6.45, 7) is 1.45. The monoisotopic (exact) mass is 341 g/mol. The standard InChI is InChI=1S/C15H14F3N3OS/c16-15(17,18)11-3-1-10(2-4-11)13(22)20-12-5-7-21(9-12)14-19-6-8-23-14/h1-4,6,8,12H,5,7,9H2,(H,20,22)/t12-/m0/s1. The summed E-state index contributed by atoms with van der Waals surface area (Å²) in [7, 11) is 0. The van der Waals surface area contributed by atoms with Crippen molar-refractivity contribution < 1.29 is 18.0 Å². The zero-order chi connectivity index (χ0) is 16.4. The quantitative estimate of drug-likeness (QED) is 0.933. The maximum atomic E-state index is 12.5. The molecule has 0 spiro atoms. The van der Waals surface area contributed by atoms with E-state index in [2.05, 4.69) is 15.2 Å². The van der Waals surface area contributed by atoms with E-state index in [9.17, 15) is 18.0 Å². The summed E-state index contributed by atoms with van der Waals surface area (Å²) >= 11 is 1.54. The van der Waals surface area contributed by atoms with Gasteiger partial charge in [0.1, 0.15) is 0 Å². The van der Waals surface area contributed by atoms with Crippen LogP contribution in [0, 0.1) is 0 Å². The van der Waals surface area contributed by atoms with Crippen molar-refractivity contribution in [3.8, 4) is 0 Å². The minimum absolute atomic E-state index is 0.0336. The minimum Gasteiger partial charge on any atom is -0.347 e. The number of nitrogens with zero attached hydrogens (tertiary/aromatic N) is 2. The first-order valence-corrected chi connectivity index (χ1v) is 7.94. The highest BCUT2D eigenvalue weighted by Gasteiger charge is 2.30. The fourth-order valence-corrected chi connectivity index (χ4v) is 3.18. The van der Waals surface area contributed by atoms with Crippen molar-refractivity contribution >= 4 is 22.4 Å². The van der Waals surface area contributed by atoms with Gasteiger partial charge in [0.15, 0.2) is 5.13 Å². The number of carbonyl (C=O) groups excluding carboxylic acids is 1. The Balaban J connectivity index is 1.59. The third-order valence-electron chi connectivity index (χ3n) is 3.69. The van der Waals surface area contributed by atoms with E-state index < -0.39 is 11.7 Å². The van der Waals surface area contributed by atoms with E-state index in [1.807, 2.05) is 5.38 Å². The first-order valence-electron chi connectivity index (χ1n) is 7.06. The van der Waals surface area contributed by atoms with Crippen molar-refractivity contribution in [2.45, 2.75) is 18.6 Å². The van der Waals surface area contributed by atoms with Crippen molar-refractivity contribution in [1.82, 2.24) is 10.3 Å². The molecule has 1 aromatic carbocycles. The number of amides is 1. The van der Waals surface area contributed by atoms with E-state index in [1.54, 1.807) is 6.20 Å². The zero-order valence-electron chi connectivity index (χ0n) is 12.0. The molecule has 8 heteroatoms. The summed E-state index contributed by atoms with van der Waals surface area (Å²) in [6, 6.07) is 4.21. The Labute approximate surface area is 135 Å². The van der Waals surface area contributed by atoms with Crippen LogP contribution in [0.1, 0.15) is 22.3 Å². The lowest BCUT2D eigenvalue weighted by atomic mass is 10.1. The van der Waals surface area contributed by atoms with E-state index in [4.69, 9.17) is 0 Å². The highest BCUT2D eigenvalue weighted by molar-refractivity contribution is 7.13. The fourth-order valence-electron chi connectivity index (χ4n) is 2.50. The van der Waals surface area contributed by atoms with Gasteiger partial charge in [-0.1, -0.05) is 0 Å². The number of rotatable bonds is 3. The van der Waals surface area contributed by atoms with Gasteiger partial charge >= 0.3 is 6.18 Å². The van der Waals surface area contributed by atoms with Gasteiger partial charge < -0.3 is 10.2 Å². The Morgan fingerprint density at radius 3 is 2.65 bits per heavy atom. The number of alkyl halides is 3. The summed E-state index contributed by atoms with van der Waals surface area (Å²) in [5.74, 6) is -0.357. The van der Waals surface area contributed by atoms with Crippen molar-refractivity contribution in [1.29, 1.82) is 0 Å². The largest absolute Gasteiger partial charge is 0.416 e. The molecule has 1 N–H and O–H groups in total. The zero-order valence-corrected chi connectivity index (χ0v) is 12.8. The maximum Gasteiger partial charge on any atom is 0.416 e. The van der Waals surface area contributed by atoms with Crippen LogP contribution in [0.25, 0.3) is 0 Å². The molecule has 0 saturated carbocycles. The normalized spacial score (nSPS) is 18.2. The predicted octanol–water partition coefficient (Wildman–Crippen LogP) is 3.17. The van der Waals surface area contributed by atoms with Crippen LogP contribution in [0.5, 0.6) is 0 Å². The molecule has 3 rings (SSSR count). The second kappa shape index (κ2) is 6.19. The van der Waals surface area contributed by atoms with E-state index in [0.29, 0.717) is 6.54 Å².